The van der Waals surface area contributed by atoms with Crippen LogP contribution in [0.25, 0.3) is 0 Å². The van der Waals surface area contributed by atoms with Gasteiger partial charge in [0.1, 0.15) is 0 Å². The molecule has 0 aromatic carbocycles. The van der Waals surface area contributed by atoms with Crippen LogP contribution in [0.4, 0.5) is 4.79 Å². The molecule has 0 bridgehead atoms. The summed E-state index contributed by atoms with van der Waals surface area (Å²) in [5.41, 5.74) is 2.21. The summed E-state index contributed by atoms with van der Waals surface area (Å²) in [6.07, 6.45) is 1.51. The lowest BCUT2D eigenvalue weighted by Gasteiger charge is -1.82. The van der Waals surface area contributed by atoms with Gasteiger partial charge in [0, 0.05) is 28.8 Å². The lowest BCUT2D eigenvalue weighted by molar-refractivity contribution is 0.263. The number of rotatable bonds is 1. The average molecular weight is 212 g/mol. The first-order valence-corrected chi connectivity index (χ1v) is 2.78. The predicted molar refractivity (Wildman–Crippen MR) is 36.7 cm³/mol. The lowest BCUT2D eigenvalue weighted by Crippen LogP contribution is -2.05. The number of carbonyl (C=O) groups is 1. The quantitative estimate of drug-likeness (QED) is 0.228. The maximum atomic E-state index is 9.96. The third-order valence-electron chi connectivity index (χ3n) is 0.282. The highest BCUT2D eigenvalue weighted by atomic mass is 127. The van der Waals surface area contributed by atoms with Gasteiger partial charge in [-0.2, -0.15) is 5.10 Å². The van der Waals surface area contributed by atoms with Gasteiger partial charge in [0.2, 0.25) is 0 Å². The molecule has 1 N–H and O–H groups in total. The zero-order chi connectivity index (χ0) is 5.70. The number of halogens is 1. The Labute approximate surface area is 55.3 Å². The zero-order valence-electron chi connectivity index (χ0n) is 3.81. The second-order valence-corrected chi connectivity index (χ2v) is 1.75. The Morgan fingerprint density at radius 1 is 2.00 bits per heavy atom. The van der Waals surface area contributed by atoms with Crippen LogP contribution in [0.3, 0.4) is 0 Å². The summed E-state index contributed by atoms with van der Waals surface area (Å²) < 4.78 is -0.171. The van der Waals surface area contributed by atoms with E-state index in [1.54, 1.807) is 29.5 Å². The number of nitrogens with one attached hydrogen (secondary N) is 1. The molecule has 3 nitrogen and oxygen atoms in total. The number of amides is 1. The molecular formula is C3H5IN2O. The predicted octanol–water partition coefficient (Wildman–Crippen LogP) is 1.14. The standard InChI is InChI=1S/C3H5IN2O/c1-2-5-6-3(4)7/h2H,1H3,(H,6,7)/b5-2-. The third kappa shape index (κ3) is 5.87. The van der Waals surface area contributed by atoms with Gasteiger partial charge in [0.15, 0.2) is 0 Å². The molecule has 0 fully saturated rings. The summed E-state index contributed by atoms with van der Waals surface area (Å²) in [6.45, 7) is 1.73. The largest absolute Gasteiger partial charge is 0.300 e. The van der Waals surface area contributed by atoms with E-state index < -0.39 is 0 Å². The number of carbonyl (C=O) groups excluding carboxylic acids is 1. The van der Waals surface area contributed by atoms with Crippen molar-refractivity contribution in [3.05, 3.63) is 0 Å². The van der Waals surface area contributed by atoms with Crippen LogP contribution >= 0.6 is 22.6 Å². The minimum atomic E-state index is -0.171. The Kier molecular flexibility index (Phi) is 3.97. The molecule has 0 aromatic rings. The van der Waals surface area contributed by atoms with Gasteiger partial charge in [-0.1, -0.05) is 0 Å². The van der Waals surface area contributed by atoms with E-state index in [2.05, 4.69) is 10.5 Å². The fourth-order valence-electron chi connectivity index (χ4n) is 0.115. The van der Waals surface area contributed by atoms with Gasteiger partial charge in [-0.25, -0.2) is 5.43 Å². The molecule has 0 radical (unpaired) electrons. The van der Waals surface area contributed by atoms with Crippen LogP contribution in [0, 0.1) is 0 Å². The van der Waals surface area contributed by atoms with Crippen LogP contribution < -0.4 is 5.43 Å². The molecule has 0 saturated heterocycles. The molecule has 0 aliphatic carbocycles. The number of hydrazone groups is 1. The maximum Gasteiger partial charge on any atom is 0.300 e. The second-order valence-electron chi connectivity index (χ2n) is 0.773. The van der Waals surface area contributed by atoms with Gasteiger partial charge in [-0.3, -0.25) is 4.79 Å². The maximum absolute atomic E-state index is 9.96. The summed E-state index contributed by atoms with van der Waals surface area (Å²) in [7, 11) is 0. The van der Waals surface area contributed by atoms with Crippen LogP contribution in [0.1, 0.15) is 6.92 Å². The summed E-state index contributed by atoms with van der Waals surface area (Å²) in [5.74, 6) is 0. The highest BCUT2D eigenvalue weighted by Gasteiger charge is 1.81. The molecule has 0 saturated carbocycles. The van der Waals surface area contributed by atoms with Crippen LogP contribution in [-0.4, -0.2) is 10.1 Å². The van der Waals surface area contributed by atoms with Gasteiger partial charge in [-0.05, 0) is 6.92 Å². The van der Waals surface area contributed by atoms with Crippen LogP contribution in [0.2, 0.25) is 0 Å². The Bertz CT molecular complexity index is 90.9. The molecule has 0 aliphatic heterocycles. The summed E-state index contributed by atoms with van der Waals surface area (Å²) in [5, 5.41) is 3.44. The molecule has 40 valence electrons. The van der Waals surface area contributed by atoms with E-state index in [-0.39, 0.29) is 3.91 Å². The van der Waals surface area contributed by atoms with E-state index >= 15 is 0 Å². The smallest absolute Gasteiger partial charge is 0.261 e. The highest BCUT2D eigenvalue weighted by Crippen LogP contribution is 1.79. The van der Waals surface area contributed by atoms with E-state index in [0.717, 1.165) is 0 Å². The van der Waals surface area contributed by atoms with Crippen LogP contribution in [0.15, 0.2) is 5.10 Å². The van der Waals surface area contributed by atoms with Gasteiger partial charge < -0.3 is 0 Å². The van der Waals surface area contributed by atoms with Crippen molar-refractivity contribution in [3.63, 3.8) is 0 Å². The van der Waals surface area contributed by atoms with Gasteiger partial charge >= 0.3 is 3.91 Å². The van der Waals surface area contributed by atoms with Crippen LogP contribution in [0.5, 0.6) is 0 Å². The highest BCUT2D eigenvalue weighted by molar-refractivity contribution is 14.1. The molecule has 1 amide bonds. The molecule has 0 unspecified atom stereocenters. The normalized spacial score (nSPS) is 9.43. The summed E-state index contributed by atoms with van der Waals surface area (Å²) in [6, 6.07) is 0. The first-order valence-electron chi connectivity index (χ1n) is 1.70. The van der Waals surface area contributed by atoms with E-state index in [1.165, 1.54) is 6.21 Å². The van der Waals surface area contributed by atoms with Crippen molar-refractivity contribution >= 4 is 32.7 Å². The minimum absolute atomic E-state index is 0.171. The third-order valence-corrected chi connectivity index (χ3v) is 0.523. The monoisotopic (exact) mass is 212 g/mol. The van der Waals surface area contributed by atoms with Crippen molar-refractivity contribution in [2.24, 2.45) is 5.10 Å². The van der Waals surface area contributed by atoms with Gasteiger partial charge in [0.25, 0.3) is 0 Å². The molecular weight excluding hydrogens is 207 g/mol. The Hall–Kier alpha value is -0.130. The number of nitrogens with zero attached hydrogens (tertiary/aromatic N) is 1. The Morgan fingerprint density at radius 2 is 2.57 bits per heavy atom. The van der Waals surface area contributed by atoms with E-state index in [9.17, 15) is 4.79 Å². The van der Waals surface area contributed by atoms with E-state index in [1.807, 2.05) is 0 Å². The summed E-state index contributed by atoms with van der Waals surface area (Å²) >= 11 is 1.60. The van der Waals surface area contributed by atoms with Crippen molar-refractivity contribution in [2.75, 3.05) is 0 Å². The van der Waals surface area contributed by atoms with Gasteiger partial charge in [0.05, 0.1) is 0 Å². The Balaban J connectivity index is 3.14. The topological polar surface area (TPSA) is 41.5 Å². The lowest BCUT2D eigenvalue weighted by atomic mass is 10.9. The SMILES string of the molecule is C/C=N\NC(=O)I. The Morgan fingerprint density at radius 3 is 2.71 bits per heavy atom. The summed E-state index contributed by atoms with van der Waals surface area (Å²) in [4.78, 5) is 9.96. The average Bonchev–Trinajstić information content (AvgIpc) is 1.61. The fraction of sp³-hybridized carbons (Fsp3) is 0.333. The van der Waals surface area contributed by atoms with Crippen molar-refractivity contribution in [3.8, 4) is 0 Å². The molecule has 0 aliphatic rings. The molecule has 0 aromatic heterocycles. The number of hydrogen-bond donors (Lipinski definition) is 1. The van der Waals surface area contributed by atoms with Crippen molar-refractivity contribution < 1.29 is 4.79 Å². The molecule has 0 spiro atoms. The zero-order valence-corrected chi connectivity index (χ0v) is 5.97. The van der Waals surface area contributed by atoms with E-state index in [4.69, 9.17) is 0 Å². The number of hydrogen-bond acceptors (Lipinski definition) is 2. The van der Waals surface area contributed by atoms with Crippen molar-refractivity contribution in [2.45, 2.75) is 6.92 Å². The molecule has 4 heteroatoms. The molecule has 7 heavy (non-hydrogen) atoms. The van der Waals surface area contributed by atoms with Crippen LogP contribution in [-0.2, 0) is 0 Å². The van der Waals surface area contributed by atoms with Crippen molar-refractivity contribution in [1.82, 2.24) is 5.43 Å². The van der Waals surface area contributed by atoms with E-state index in [0.29, 0.717) is 0 Å². The second kappa shape index (κ2) is 4.04. The first kappa shape index (κ1) is 6.87. The molecule has 0 heterocycles. The minimum Gasteiger partial charge on any atom is -0.261 e. The van der Waals surface area contributed by atoms with Crippen molar-refractivity contribution in [1.29, 1.82) is 0 Å². The molecule has 0 rings (SSSR count). The first-order chi connectivity index (χ1) is 3.27. The van der Waals surface area contributed by atoms with Gasteiger partial charge in [-0.15, -0.1) is 0 Å². The fourth-order valence-corrected chi connectivity index (χ4v) is 0.255. The molecule has 0 atom stereocenters.